The van der Waals surface area contributed by atoms with Crippen LogP contribution in [0, 0.1) is 5.82 Å². The second-order valence-corrected chi connectivity index (χ2v) is 5.71. The van der Waals surface area contributed by atoms with Gasteiger partial charge in [-0.05, 0) is 72.8 Å². The molecule has 0 aromatic heterocycles. The van der Waals surface area contributed by atoms with Gasteiger partial charge in [-0.2, -0.15) is 0 Å². The molecule has 1 atom stereocenters. The molecule has 0 spiro atoms. The van der Waals surface area contributed by atoms with Crippen molar-refractivity contribution in [3.8, 4) is 0 Å². The first kappa shape index (κ1) is 13.8. The third-order valence-electron chi connectivity index (χ3n) is 3.48. The van der Waals surface area contributed by atoms with Gasteiger partial charge >= 0.3 is 0 Å². The van der Waals surface area contributed by atoms with Crippen LogP contribution < -0.4 is 5.32 Å². The molecule has 1 aromatic carbocycles. The molecular formula is C15H19BrFN. The molecule has 0 fully saturated rings. The molecule has 0 radical (unpaired) electrons. The topological polar surface area (TPSA) is 12.0 Å². The quantitative estimate of drug-likeness (QED) is 0.774. The molecule has 3 heteroatoms. The Morgan fingerprint density at radius 3 is 2.94 bits per heavy atom. The van der Waals surface area contributed by atoms with E-state index in [1.165, 1.54) is 25.3 Å². The summed E-state index contributed by atoms with van der Waals surface area (Å²) in [5, 5.41) is 3.49. The number of nitrogens with one attached hydrogen (secondary N) is 1. The molecule has 1 aliphatic rings. The average Bonchev–Trinajstić information content (AvgIpc) is 2.85. The number of halogens is 2. The molecular weight excluding hydrogens is 293 g/mol. The predicted octanol–water partition coefficient (Wildman–Crippen LogP) is 4.74. The molecule has 1 N–H and O–H groups in total. The Hall–Kier alpha value is -0.670. The fourth-order valence-electron chi connectivity index (χ4n) is 2.31. The van der Waals surface area contributed by atoms with E-state index in [-0.39, 0.29) is 11.9 Å². The second-order valence-electron chi connectivity index (χ2n) is 4.85. The number of hydrogen-bond acceptors (Lipinski definition) is 1. The molecule has 0 saturated carbocycles. The Balaban J connectivity index is 1.83. The summed E-state index contributed by atoms with van der Waals surface area (Å²) in [4.78, 5) is 0. The number of allylic oxidation sites excluding steroid dienone is 1. The smallest absolute Gasteiger partial charge is 0.137 e. The van der Waals surface area contributed by atoms with Crippen LogP contribution in [0.2, 0.25) is 0 Å². The van der Waals surface area contributed by atoms with Crippen molar-refractivity contribution in [1.82, 2.24) is 5.32 Å². The molecule has 2 rings (SSSR count). The minimum atomic E-state index is -0.206. The summed E-state index contributed by atoms with van der Waals surface area (Å²) in [7, 11) is 0. The van der Waals surface area contributed by atoms with E-state index in [2.05, 4.69) is 34.2 Å². The summed E-state index contributed by atoms with van der Waals surface area (Å²) in [5.74, 6) is -0.206. The van der Waals surface area contributed by atoms with Gasteiger partial charge in [-0.25, -0.2) is 4.39 Å². The Kier molecular flexibility index (Phi) is 4.95. The molecule has 98 valence electrons. The van der Waals surface area contributed by atoms with E-state index in [4.69, 9.17) is 0 Å². The van der Waals surface area contributed by atoms with Crippen molar-refractivity contribution < 1.29 is 4.39 Å². The van der Waals surface area contributed by atoms with E-state index in [1.54, 1.807) is 5.57 Å². The fourth-order valence-corrected chi connectivity index (χ4v) is 2.71. The van der Waals surface area contributed by atoms with Gasteiger partial charge in [0, 0.05) is 6.04 Å². The molecule has 18 heavy (non-hydrogen) atoms. The molecule has 1 aromatic rings. The average molecular weight is 312 g/mol. The van der Waals surface area contributed by atoms with Gasteiger partial charge in [0.05, 0.1) is 4.47 Å². The van der Waals surface area contributed by atoms with Crippen molar-refractivity contribution >= 4 is 15.9 Å². The summed E-state index contributed by atoms with van der Waals surface area (Å²) in [6.07, 6.45) is 7.32. The zero-order chi connectivity index (χ0) is 13.0. The summed E-state index contributed by atoms with van der Waals surface area (Å²) in [6, 6.07) is 5.45. The largest absolute Gasteiger partial charge is 0.310 e. The molecule has 0 saturated heterocycles. The number of hydrogen-bond donors (Lipinski definition) is 1. The van der Waals surface area contributed by atoms with E-state index in [9.17, 15) is 4.39 Å². The highest BCUT2D eigenvalue weighted by molar-refractivity contribution is 9.10. The number of rotatable bonds is 5. The molecule has 1 nitrogen and oxygen atoms in total. The van der Waals surface area contributed by atoms with Crippen molar-refractivity contribution in [3.05, 3.63) is 45.7 Å². The van der Waals surface area contributed by atoms with E-state index in [0.717, 1.165) is 18.5 Å². The predicted molar refractivity (Wildman–Crippen MR) is 77.1 cm³/mol. The number of benzene rings is 1. The van der Waals surface area contributed by atoms with Gasteiger partial charge in [0.1, 0.15) is 5.82 Å². The molecule has 0 aliphatic heterocycles. The lowest BCUT2D eigenvalue weighted by molar-refractivity contribution is 0.568. The van der Waals surface area contributed by atoms with Gasteiger partial charge in [-0.1, -0.05) is 17.7 Å². The monoisotopic (exact) mass is 311 g/mol. The van der Waals surface area contributed by atoms with Crippen LogP contribution >= 0.6 is 15.9 Å². The Morgan fingerprint density at radius 1 is 1.44 bits per heavy atom. The van der Waals surface area contributed by atoms with Crippen LogP contribution in [-0.4, -0.2) is 6.54 Å². The molecule has 1 aliphatic carbocycles. The Morgan fingerprint density at radius 2 is 2.28 bits per heavy atom. The van der Waals surface area contributed by atoms with Crippen molar-refractivity contribution in [2.45, 2.75) is 38.6 Å². The molecule has 0 bridgehead atoms. The van der Waals surface area contributed by atoms with Crippen LogP contribution in [-0.2, 0) is 0 Å². The minimum absolute atomic E-state index is 0.206. The molecule has 0 amide bonds. The summed E-state index contributed by atoms with van der Waals surface area (Å²) in [6.45, 7) is 3.10. The maximum atomic E-state index is 13.1. The third kappa shape index (κ3) is 3.66. The van der Waals surface area contributed by atoms with Gasteiger partial charge in [-0.15, -0.1) is 0 Å². The van der Waals surface area contributed by atoms with E-state index in [0.29, 0.717) is 4.47 Å². The maximum absolute atomic E-state index is 13.1. The van der Waals surface area contributed by atoms with Crippen molar-refractivity contribution in [3.63, 3.8) is 0 Å². The van der Waals surface area contributed by atoms with Crippen molar-refractivity contribution in [2.75, 3.05) is 6.54 Å². The van der Waals surface area contributed by atoms with E-state index < -0.39 is 0 Å². The van der Waals surface area contributed by atoms with E-state index >= 15 is 0 Å². The summed E-state index contributed by atoms with van der Waals surface area (Å²) < 4.78 is 13.7. The lowest BCUT2D eigenvalue weighted by Gasteiger charge is -2.15. The highest BCUT2D eigenvalue weighted by Crippen LogP contribution is 2.22. The van der Waals surface area contributed by atoms with Gasteiger partial charge in [0.25, 0.3) is 0 Å². The van der Waals surface area contributed by atoms with Gasteiger partial charge in [-0.3, -0.25) is 0 Å². The SMILES string of the molecule is CC(NCCC1=CCCC1)c1ccc(F)c(Br)c1. The molecule has 1 unspecified atom stereocenters. The van der Waals surface area contributed by atoms with Crippen LogP contribution in [0.15, 0.2) is 34.3 Å². The fraction of sp³-hybridized carbons (Fsp3) is 0.467. The lowest BCUT2D eigenvalue weighted by atomic mass is 10.1. The van der Waals surface area contributed by atoms with Gasteiger partial charge < -0.3 is 5.32 Å². The van der Waals surface area contributed by atoms with Crippen molar-refractivity contribution in [2.24, 2.45) is 0 Å². The normalized spacial score (nSPS) is 16.7. The third-order valence-corrected chi connectivity index (χ3v) is 4.08. The van der Waals surface area contributed by atoms with Crippen LogP contribution in [0.5, 0.6) is 0 Å². The zero-order valence-corrected chi connectivity index (χ0v) is 12.3. The highest BCUT2D eigenvalue weighted by Gasteiger charge is 2.09. The highest BCUT2D eigenvalue weighted by atomic mass is 79.9. The van der Waals surface area contributed by atoms with Crippen LogP contribution in [0.4, 0.5) is 4.39 Å². The van der Waals surface area contributed by atoms with Crippen LogP contribution in [0.25, 0.3) is 0 Å². The first-order valence-corrected chi connectivity index (χ1v) is 7.32. The van der Waals surface area contributed by atoms with Crippen molar-refractivity contribution in [1.29, 1.82) is 0 Å². The maximum Gasteiger partial charge on any atom is 0.137 e. The minimum Gasteiger partial charge on any atom is -0.310 e. The Bertz CT molecular complexity index is 442. The summed E-state index contributed by atoms with van der Waals surface area (Å²) >= 11 is 3.22. The van der Waals surface area contributed by atoms with E-state index in [1.807, 2.05) is 12.1 Å². The zero-order valence-electron chi connectivity index (χ0n) is 10.7. The van der Waals surface area contributed by atoms with Gasteiger partial charge in [0.15, 0.2) is 0 Å². The van der Waals surface area contributed by atoms with Crippen LogP contribution in [0.3, 0.4) is 0 Å². The molecule has 0 heterocycles. The summed E-state index contributed by atoms with van der Waals surface area (Å²) in [5.41, 5.74) is 2.69. The van der Waals surface area contributed by atoms with Gasteiger partial charge in [0.2, 0.25) is 0 Å². The lowest BCUT2D eigenvalue weighted by Crippen LogP contribution is -2.20. The standard InChI is InChI=1S/C15H19BrFN/c1-11(13-6-7-15(17)14(16)10-13)18-9-8-12-4-2-3-5-12/h4,6-7,10-11,18H,2-3,5,8-9H2,1H3. The first-order chi connectivity index (χ1) is 8.66. The second kappa shape index (κ2) is 6.48. The Labute approximate surface area is 117 Å². The first-order valence-electron chi connectivity index (χ1n) is 6.53. The van der Waals surface area contributed by atoms with Crippen LogP contribution in [0.1, 0.15) is 44.2 Å².